The predicted molar refractivity (Wildman–Crippen MR) is 127 cm³/mol. The van der Waals surface area contributed by atoms with E-state index in [4.69, 9.17) is 0 Å². The fraction of sp³-hybridized carbons (Fsp3) is 0.185. The van der Waals surface area contributed by atoms with Gasteiger partial charge in [-0.15, -0.1) is 0 Å². The van der Waals surface area contributed by atoms with Gasteiger partial charge in [0, 0.05) is 31.7 Å². The Morgan fingerprint density at radius 3 is 1.91 bits per heavy atom. The fourth-order valence-electron chi connectivity index (χ4n) is 4.49. The quantitative estimate of drug-likeness (QED) is 0.593. The number of aromatic hydroxyl groups is 1. The number of benzene rings is 3. The molecular weight excluding hydrogens is 446 g/mol. The SMILES string of the molecule is O=C(c1cccc(CN2C(=O)c3ccccc3C2=O)c1)N1CCN(C(=O)c2ccccc2O)CC1. The van der Waals surface area contributed by atoms with Crippen LogP contribution in [0.15, 0.2) is 72.8 Å². The Kier molecular flexibility index (Phi) is 5.78. The van der Waals surface area contributed by atoms with Crippen molar-refractivity contribution in [2.24, 2.45) is 0 Å². The standard InChI is InChI=1S/C27H23N3O5/c31-23-11-4-3-10-22(23)25(33)29-14-12-28(13-15-29)24(32)19-7-5-6-18(16-19)17-30-26(34)20-8-1-2-9-21(20)27(30)35/h1-11,16,31H,12-15,17H2. The summed E-state index contributed by atoms with van der Waals surface area (Å²) in [6.07, 6.45) is 0. The maximum atomic E-state index is 13.1. The van der Waals surface area contributed by atoms with Crippen LogP contribution >= 0.6 is 0 Å². The molecule has 2 aliphatic rings. The number of phenols is 1. The molecule has 3 aromatic carbocycles. The second-order valence-corrected chi connectivity index (χ2v) is 8.54. The molecule has 0 saturated carbocycles. The average Bonchev–Trinajstić information content (AvgIpc) is 3.13. The number of rotatable bonds is 4. The first-order chi connectivity index (χ1) is 16.9. The zero-order valence-corrected chi connectivity index (χ0v) is 18.9. The zero-order chi connectivity index (χ0) is 24.5. The summed E-state index contributed by atoms with van der Waals surface area (Å²) in [4.78, 5) is 55.7. The molecule has 3 aromatic rings. The number of amides is 4. The van der Waals surface area contributed by atoms with Crippen molar-refractivity contribution in [1.82, 2.24) is 14.7 Å². The van der Waals surface area contributed by atoms with Gasteiger partial charge in [-0.05, 0) is 42.0 Å². The van der Waals surface area contributed by atoms with Crippen molar-refractivity contribution in [2.45, 2.75) is 6.54 Å². The molecule has 2 aliphatic heterocycles. The Morgan fingerprint density at radius 2 is 1.29 bits per heavy atom. The first kappa shape index (κ1) is 22.3. The molecule has 8 nitrogen and oxygen atoms in total. The molecule has 176 valence electrons. The molecule has 0 atom stereocenters. The van der Waals surface area contributed by atoms with Crippen molar-refractivity contribution in [3.8, 4) is 5.75 Å². The first-order valence-corrected chi connectivity index (χ1v) is 11.3. The third-order valence-corrected chi connectivity index (χ3v) is 6.38. The molecule has 2 heterocycles. The van der Waals surface area contributed by atoms with Gasteiger partial charge in [-0.1, -0.05) is 36.4 Å². The Balaban J connectivity index is 1.24. The van der Waals surface area contributed by atoms with Crippen molar-refractivity contribution in [3.05, 3.63) is 101 Å². The van der Waals surface area contributed by atoms with Gasteiger partial charge in [0.2, 0.25) is 0 Å². The number of carbonyl (C=O) groups is 4. The van der Waals surface area contributed by atoms with Gasteiger partial charge in [0.1, 0.15) is 5.75 Å². The third-order valence-electron chi connectivity index (χ3n) is 6.38. The number of hydrogen-bond acceptors (Lipinski definition) is 5. The van der Waals surface area contributed by atoms with E-state index in [1.165, 1.54) is 11.0 Å². The zero-order valence-electron chi connectivity index (χ0n) is 18.9. The number of piperazine rings is 1. The molecule has 0 radical (unpaired) electrons. The molecule has 1 N–H and O–H groups in total. The van der Waals surface area contributed by atoms with E-state index in [0.717, 1.165) is 0 Å². The predicted octanol–water partition coefficient (Wildman–Crippen LogP) is 2.79. The first-order valence-electron chi connectivity index (χ1n) is 11.3. The molecule has 0 spiro atoms. The minimum absolute atomic E-state index is 0.0640. The van der Waals surface area contributed by atoms with Crippen LogP contribution in [0, 0.1) is 0 Å². The van der Waals surface area contributed by atoms with Gasteiger partial charge < -0.3 is 14.9 Å². The lowest BCUT2D eigenvalue weighted by atomic mass is 10.1. The summed E-state index contributed by atoms with van der Waals surface area (Å²) in [5.41, 5.74) is 2.16. The van der Waals surface area contributed by atoms with Crippen molar-refractivity contribution >= 4 is 23.6 Å². The van der Waals surface area contributed by atoms with E-state index < -0.39 is 0 Å². The maximum absolute atomic E-state index is 13.1. The molecule has 1 fully saturated rings. The molecule has 35 heavy (non-hydrogen) atoms. The van der Waals surface area contributed by atoms with Crippen molar-refractivity contribution in [2.75, 3.05) is 26.2 Å². The molecular formula is C27H23N3O5. The second-order valence-electron chi connectivity index (χ2n) is 8.54. The third kappa shape index (κ3) is 4.14. The van der Waals surface area contributed by atoms with E-state index in [9.17, 15) is 24.3 Å². The van der Waals surface area contributed by atoms with Crippen LogP contribution in [0.1, 0.15) is 47.0 Å². The summed E-state index contributed by atoms with van der Waals surface area (Å²) in [5.74, 6) is -1.19. The number of hydrogen-bond donors (Lipinski definition) is 1. The summed E-state index contributed by atoms with van der Waals surface area (Å²) in [5, 5.41) is 9.95. The van der Waals surface area contributed by atoms with E-state index >= 15 is 0 Å². The number of fused-ring (bicyclic) bond motifs is 1. The number of phenolic OH excluding ortho intramolecular Hbond substituents is 1. The second kappa shape index (κ2) is 9.06. The summed E-state index contributed by atoms with van der Waals surface area (Å²) >= 11 is 0. The highest BCUT2D eigenvalue weighted by Crippen LogP contribution is 2.25. The molecule has 4 amide bonds. The fourth-order valence-corrected chi connectivity index (χ4v) is 4.49. The number of para-hydroxylation sites is 1. The van der Waals surface area contributed by atoms with Crippen molar-refractivity contribution in [3.63, 3.8) is 0 Å². The lowest BCUT2D eigenvalue weighted by molar-refractivity contribution is 0.0533. The van der Waals surface area contributed by atoms with E-state index in [1.807, 2.05) is 0 Å². The summed E-state index contributed by atoms with van der Waals surface area (Å²) in [6.45, 7) is 1.51. The highest BCUT2D eigenvalue weighted by molar-refractivity contribution is 6.21. The molecule has 0 bridgehead atoms. The minimum Gasteiger partial charge on any atom is -0.507 e. The largest absolute Gasteiger partial charge is 0.507 e. The van der Waals surface area contributed by atoms with Crippen LogP contribution in [0.5, 0.6) is 5.75 Å². The van der Waals surface area contributed by atoms with E-state index in [-0.39, 0.29) is 41.5 Å². The Hall–Kier alpha value is -4.46. The van der Waals surface area contributed by atoms with Gasteiger partial charge in [0.25, 0.3) is 23.6 Å². The molecule has 5 rings (SSSR count). The summed E-state index contributed by atoms with van der Waals surface area (Å²) in [6, 6.07) is 20.1. The van der Waals surface area contributed by atoms with Crippen molar-refractivity contribution < 1.29 is 24.3 Å². The number of carbonyl (C=O) groups excluding carboxylic acids is 4. The minimum atomic E-state index is -0.340. The molecule has 0 unspecified atom stereocenters. The summed E-state index contributed by atoms with van der Waals surface area (Å²) in [7, 11) is 0. The topological polar surface area (TPSA) is 98.2 Å². The van der Waals surface area contributed by atoms with E-state index in [2.05, 4.69) is 0 Å². The molecule has 8 heteroatoms. The molecule has 0 aliphatic carbocycles. The number of nitrogens with zero attached hydrogens (tertiary/aromatic N) is 3. The highest BCUT2D eigenvalue weighted by Gasteiger charge is 2.35. The van der Waals surface area contributed by atoms with E-state index in [1.54, 1.807) is 76.5 Å². The Labute approximate surface area is 202 Å². The van der Waals surface area contributed by atoms with Crippen LogP contribution in [0.2, 0.25) is 0 Å². The Bertz CT molecular complexity index is 1310. The van der Waals surface area contributed by atoms with Gasteiger partial charge >= 0.3 is 0 Å². The van der Waals surface area contributed by atoms with Crippen LogP contribution < -0.4 is 0 Å². The van der Waals surface area contributed by atoms with Gasteiger partial charge in [0.05, 0.1) is 23.2 Å². The molecule has 0 aromatic heterocycles. The Morgan fingerprint density at radius 1 is 0.714 bits per heavy atom. The smallest absolute Gasteiger partial charge is 0.261 e. The lowest BCUT2D eigenvalue weighted by Crippen LogP contribution is -2.50. The van der Waals surface area contributed by atoms with Crippen LogP contribution in [0.3, 0.4) is 0 Å². The van der Waals surface area contributed by atoms with Crippen LogP contribution in [0.25, 0.3) is 0 Å². The van der Waals surface area contributed by atoms with E-state index in [0.29, 0.717) is 48.4 Å². The summed E-state index contributed by atoms with van der Waals surface area (Å²) < 4.78 is 0. The molecule has 1 saturated heterocycles. The van der Waals surface area contributed by atoms with Crippen LogP contribution in [-0.4, -0.2) is 69.6 Å². The maximum Gasteiger partial charge on any atom is 0.261 e. The van der Waals surface area contributed by atoms with Crippen LogP contribution in [0.4, 0.5) is 0 Å². The lowest BCUT2D eigenvalue weighted by Gasteiger charge is -2.35. The van der Waals surface area contributed by atoms with Crippen LogP contribution in [-0.2, 0) is 6.54 Å². The average molecular weight is 469 g/mol. The van der Waals surface area contributed by atoms with Gasteiger partial charge in [-0.3, -0.25) is 24.1 Å². The van der Waals surface area contributed by atoms with Gasteiger partial charge in [-0.2, -0.15) is 0 Å². The van der Waals surface area contributed by atoms with Gasteiger partial charge in [-0.25, -0.2) is 0 Å². The van der Waals surface area contributed by atoms with Crippen molar-refractivity contribution in [1.29, 1.82) is 0 Å². The monoisotopic (exact) mass is 469 g/mol. The normalized spacial score (nSPS) is 15.4. The highest BCUT2D eigenvalue weighted by atomic mass is 16.3. The number of imide groups is 1. The van der Waals surface area contributed by atoms with Gasteiger partial charge in [0.15, 0.2) is 0 Å².